The number of ketones is 1. The average molecular weight is 350 g/mol. The highest BCUT2D eigenvalue weighted by molar-refractivity contribution is 9.10. The van der Waals surface area contributed by atoms with E-state index in [0.717, 1.165) is 27.7 Å². The van der Waals surface area contributed by atoms with Gasteiger partial charge >= 0.3 is 0 Å². The van der Waals surface area contributed by atoms with E-state index >= 15 is 0 Å². The molecule has 2 rings (SSSR count). The zero-order chi connectivity index (χ0) is 15.6. The van der Waals surface area contributed by atoms with E-state index in [0.29, 0.717) is 12.2 Å². The highest BCUT2D eigenvalue weighted by Crippen LogP contribution is 2.22. The molecule has 0 aliphatic carbocycles. The molecular weight excluding hydrogens is 330 g/mol. The third kappa shape index (κ3) is 3.60. The lowest BCUT2D eigenvalue weighted by molar-refractivity contribution is 0.102. The van der Waals surface area contributed by atoms with Crippen LogP contribution < -0.4 is 0 Å². The first kappa shape index (κ1) is 15.9. The highest BCUT2D eigenvalue weighted by atomic mass is 79.9. The number of nitrogens with zero attached hydrogens (tertiary/aromatic N) is 3. The maximum absolute atomic E-state index is 12.8. The minimum absolute atomic E-state index is 0.00984. The Bertz CT molecular complexity index is 662. The Hall–Kier alpha value is -1.46. The number of aryl methyl sites for hydroxylation is 2. The Morgan fingerprint density at radius 2 is 2.05 bits per heavy atom. The summed E-state index contributed by atoms with van der Waals surface area (Å²) in [5.41, 5.74) is 3.49. The summed E-state index contributed by atoms with van der Waals surface area (Å²) in [4.78, 5) is 14.9. The summed E-state index contributed by atoms with van der Waals surface area (Å²) in [6.45, 7) is 5.51. The molecule has 4 nitrogen and oxygen atoms in total. The Labute approximate surface area is 133 Å². The van der Waals surface area contributed by atoms with Crippen molar-refractivity contribution in [3.63, 3.8) is 0 Å². The van der Waals surface area contributed by atoms with E-state index in [1.54, 1.807) is 10.9 Å². The van der Waals surface area contributed by atoms with Crippen LogP contribution in [0.3, 0.4) is 0 Å². The van der Waals surface area contributed by atoms with Crippen LogP contribution in [0.5, 0.6) is 0 Å². The van der Waals surface area contributed by atoms with E-state index in [1.807, 2.05) is 46.1 Å². The molecule has 0 unspecified atom stereocenters. The Morgan fingerprint density at radius 3 is 2.67 bits per heavy atom. The van der Waals surface area contributed by atoms with E-state index in [1.165, 1.54) is 0 Å². The summed E-state index contributed by atoms with van der Waals surface area (Å²) < 4.78 is 2.51. The minimum Gasteiger partial charge on any atom is -0.308 e. The normalized spacial score (nSPS) is 11.1. The number of carbonyl (C=O) groups is 1. The molecule has 0 N–H and O–H groups in total. The second-order valence-corrected chi connectivity index (χ2v) is 6.37. The van der Waals surface area contributed by atoms with Gasteiger partial charge in [-0.1, -0.05) is 23.8 Å². The Kier molecular flexibility index (Phi) is 4.96. The molecule has 0 saturated carbocycles. The first-order valence-electron chi connectivity index (χ1n) is 6.88. The summed E-state index contributed by atoms with van der Waals surface area (Å²) in [5, 5.41) is 4.30. The van der Waals surface area contributed by atoms with Gasteiger partial charge in [0, 0.05) is 12.1 Å². The van der Waals surface area contributed by atoms with Gasteiger partial charge in [-0.15, -0.1) is 0 Å². The van der Waals surface area contributed by atoms with Crippen molar-refractivity contribution in [3.05, 3.63) is 51.3 Å². The Morgan fingerprint density at radius 1 is 1.33 bits per heavy atom. The number of hydrogen-bond donors (Lipinski definition) is 0. The summed E-state index contributed by atoms with van der Waals surface area (Å²) >= 11 is 3.44. The summed E-state index contributed by atoms with van der Waals surface area (Å²) in [5.74, 6) is 0.00984. The van der Waals surface area contributed by atoms with Crippen LogP contribution in [0, 0.1) is 13.8 Å². The molecule has 1 aromatic heterocycles. The second kappa shape index (κ2) is 6.54. The van der Waals surface area contributed by atoms with Crippen molar-refractivity contribution in [3.8, 4) is 0 Å². The van der Waals surface area contributed by atoms with E-state index in [9.17, 15) is 4.79 Å². The van der Waals surface area contributed by atoms with Crippen LogP contribution in [0.25, 0.3) is 0 Å². The van der Waals surface area contributed by atoms with Crippen molar-refractivity contribution in [1.29, 1.82) is 0 Å². The smallest absolute Gasteiger partial charge is 0.212 e. The number of aromatic nitrogens is 2. The molecule has 112 valence electrons. The quantitative estimate of drug-likeness (QED) is 0.778. The van der Waals surface area contributed by atoms with Crippen LogP contribution in [0.2, 0.25) is 0 Å². The summed E-state index contributed by atoms with van der Waals surface area (Å²) in [6, 6.07) is 5.89. The summed E-state index contributed by atoms with van der Waals surface area (Å²) in [7, 11) is 4.01. The molecule has 0 saturated heterocycles. The SMILES string of the molecule is Cc1ccc(C(=O)c2c(Br)cnn2CCN(C)C)c(C)c1. The van der Waals surface area contributed by atoms with E-state index in [2.05, 4.69) is 25.9 Å². The lowest BCUT2D eigenvalue weighted by Crippen LogP contribution is -2.22. The zero-order valence-electron chi connectivity index (χ0n) is 12.9. The number of rotatable bonds is 5. The fourth-order valence-corrected chi connectivity index (χ4v) is 2.72. The van der Waals surface area contributed by atoms with Gasteiger partial charge in [-0.3, -0.25) is 9.48 Å². The maximum atomic E-state index is 12.8. The van der Waals surface area contributed by atoms with Crippen LogP contribution in [-0.4, -0.2) is 41.1 Å². The standard InChI is InChI=1S/C16H20BrN3O/c1-11-5-6-13(12(2)9-11)16(21)15-14(17)10-18-20(15)8-7-19(3)4/h5-6,9-10H,7-8H2,1-4H3. The average Bonchev–Trinajstić information content (AvgIpc) is 2.77. The van der Waals surface area contributed by atoms with Crippen molar-refractivity contribution < 1.29 is 4.79 Å². The van der Waals surface area contributed by atoms with Gasteiger partial charge < -0.3 is 4.90 Å². The van der Waals surface area contributed by atoms with E-state index in [-0.39, 0.29) is 5.78 Å². The van der Waals surface area contributed by atoms with Crippen LogP contribution in [-0.2, 0) is 6.54 Å². The molecule has 0 atom stereocenters. The summed E-state index contributed by atoms with van der Waals surface area (Å²) in [6.07, 6.45) is 1.69. The third-order valence-electron chi connectivity index (χ3n) is 3.40. The molecule has 0 aliphatic heterocycles. The van der Waals surface area contributed by atoms with Crippen molar-refractivity contribution in [2.75, 3.05) is 20.6 Å². The first-order chi connectivity index (χ1) is 9.90. The van der Waals surface area contributed by atoms with Gasteiger partial charge in [-0.2, -0.15) is 5.10 Å². The number of hydrogen-bond acceptors (Lipinski definition) is 3. The lowest BCUT2D eigenvalue weighted by atomic mass is 10.0. The van der Waals surface area contributed by atoms with Gasteiger partial charge in [0.25, 0.3) is 0 Å². The number of halogens is 1. The molecule has 1 heterocycles. The Balaban J connectivity index is 2.36. The largest absolute Gasteiger partial charge is 0.308 e. The van der Waals surface area contributed by atoms with Gasteiger partial charge in [0.15, 0.2) is 0 Å². The van der Waals surface area contributed by atoms with Gasteiger partial charge in [-0.05, 0) is 49.4 Å². The van der Waals surface area contributed by atoms with Gasteiger partial charge in [0.05, 0.1) is 17.2 Å². The first-order valence-corrected chi connectivity index (χ1v) is 7.67. The fraction of sp³-hybridized carbons (Fsp3) is 0.375. The molecule has 5 heteroatoms. The monoisotopic (exact) mass is 349 g/mol. The number of likely N-dealkylation sites (N-methyl/N-ethyl adjacent to an activating group) is 1. The predicted molar refractivity (Wildman–Crippen MR) is 87.8 cm³/mol. The van der Waals surface area contributed by atoms with Crippen LogP contribution in [0.15, 0.2) is 28.9 Å². The van der Waals surface area contributed by atoms with Gasteiger partial charge in [0.1, 0.15) is 5.69 Å². The predicted octanol–water partition coefficient (Wildman–Crippen LogP) is 3.06. The fourth-order valence-electron chi connectivity index (χ4n) is 2.25. The highest BCUT2D eigenvalue weighted by Gasteiger charge is 2.20. The van der Waals surface area contributed by atoms with Crippen molar-refractivity contribution in [2.24, 2.45) is 0 Å². The number of benzene rings is 1. The van der Waals surface area contributed by atoms with Crippen molar-refractivity contribution >= 4 is 21.7 Å². The molecule has 0 aliphatic rings. The number of carbonyl (C=O) groups excluding carboxylic acids is 1. The van der Waals surface area contributed by atoms with Crippen LogP contribution in [0.4, 0.5) is 0 Å². The molecular formula is C16H20BrN3O. The lowest BCUT2D eigenvalue weighted by Gasteiger charge is -2.12. The maximum Gasteiger partial charge on any atom is 0.212 e. The van der Waals surface area contributed by atoms with Gasteiger partial charge in [0.2, 0.25) is 5.78 Å². The van der Waals surface area contributed by atoms with Crippen LogP contribution in [0.1, 0.15) is 27.2 Å². The third-order valence-corrected chi connectivity index (χ3v) is 3.98. The molecule has 0 spiro atoms. The van der Waals surface area contributed by atoms with Crippen molar-refractivity contribution in [2.45, 2.75) is 20.4 Å². The van der Waals surface area contributed by atoms with E-state index in [4.69, 9.17) is 0 Å². The van der Waals surface area contributed by atoms with Crippen LogP contribution >= 0.6 is 15.9 Å². The molecule has 2 aromatic rings. The zero-order valence-corrected chi connectivity index (χ0v) is 14.4. The van der Waals surface area contributed by atoms with Crippen molar-refractivity contribution in [1.82, 2.24) is 14.7 Å². The minimum atomic E-state index is 0.00984. The second-order valence-electron chi connectivity index (χ2n) is 5.52. The molecule has 21 heavy (non-hydrogen) atoms. The van der Waals surface area contributed by atoms with Gasteiger partial charge in [-0.25, -0.2) is 0 Å². The molecule has 0 radical (unpaired) electrons. The molecule has 0 amide bonds. The van der Waals surface area contributed by atoms with E-state index < -0.39 is 0 Å². The molecule has 0 bridgehead atoms. The topological polar surface area (TPSA) is 38.1 Å². The molecule has 1 aromatic carbocycles. The molecule has 0 fully saturated rings.